The Bertz CT molecular complexity index is 1690. The maximum absolute atomic E-state index is 14.6. The molecular formula is C44H67N5O8S. The summed E-state index contributed by atoms with van der Waals surface area (Å²) in [6.45, 7) is 14.2. The summed E-state index contributed by atoms with van der Waals surface area (Å²) >= 11 is 1.65. The number of rotatable bonds is 6. The van der Waals surface area contributed by atoms with Crippen molar-refractivity contribution in [3.63, 3.8) is 0 Å². The summed E-state index contributed by atoms with van der Waals surface area (Å²) in [4.78, 5) is 80.1. The molecular weight excluding hydrogens is 759 g/mol. The number of carbonyl (C=O) groups excluding carboxylic acids is 5. The Labute approximate surface area is 350 Å². The molecule has 0 spiro atoms. The number of allylic oxidation sites excluding steroid dienone is 1. The van der Waals surface area contributed by atoms with E-state index in [1.807, 2.05) is 19.9 Å². The number of thioether (sulfide) groups is 1. The number of amides is 4. The fraction of sp³-hybridized carbons (Fsp3) is 0.682. The van der Waals surface area contributed by atoms with Gasteiger partial charge in [0.2, 0.25) is 23.6 Å². The first kappa shape index (κ1) is 46.6. The monoisotopic (exact) mass is 825 g/mol. The minimum absolute atomic E-state index is 0.0463. The van der Waals surface area contributed by atoms with Gasteiger partial charge in [-0.2, -0.15) is 0 Å². The van der Waals surface area contributed by atoms with Crippen molar-refractivity contribution >= 4 is 46.4 Å². The molecule has 1 fully saturated rings. The highest BCUT2D eigenvalue weighted by atomic mass is 32.2. The van der Waals surface area contributed by atoms with Crippen molar-refractivity contribution in [3.8, 4) is 11.5 Å². The number of nitrogens with one attached hydrogen (secondary N) is 1. The van der Waals surface area contributed by atoms with Gasteiger partial charge >= 0.3 is 5.97 Å². The van der Waals surface area contributed by atoms with Gasteiger partial charge < -0.3 is 34.2 Å². The first-order chi connectivity index (χ1) is 27.4. The Hall–Kier alpha value is -4.07. The van der Waals surface area contributed by atoms with E-state index >= 15 is 0 Å². The van der Waals surface area contributed by atoms with Gasteiger partial charge in [0, 0.05) is 45.3 Å². The minimum Gasteiger partial charge on any atom is -0.497 e. The number of benzene rings is 1. The molecule has 8 atom stereocenters. The van der Waals surface area contributed by atoms with Crippen molar-refractivity contribution in [2.24, 2.45) is 22.2 Å². The van der Waals surface area contributed by atoms with Crippen LogP contribution in [0, 0.1) is 17.3 Å². The highest BCUT2D eigenvalue weighted by Gasteiger charge is 2.44. The third-order valence-corrected chi connectivity index (χ3v) is 13.0. The van der Waals surface area contributed by atoms with E-state index in [0.717, 1.165) is 17.2 Å². The molecule has 0 saturated carbocycles. The van der Waals surface area contributed by atoms with Crippen LogP contribution in [-0.4, -0.2) is 126 Å². The van der Waals surface area contributed by atoms with E-state index in [4.69, 9.17) is 19.2 Å². The molecule has 322 valence electrons. The summed E-state index contributed by atoms with van der Waals surface area (Å²) in [5.41, 5.74) is 0.342. The third-order valence-electron chi connectivity index (χ3n) is 11.9. The Morgan fingerprint density at radius 1 is 1.00 bits per heavy atom. The molecule has 4 amide bonds. The number of esters is 1. The van der Waals surface area contributed by atoms with E-state index in [9.17, 15) is 24.0 Å². The molecule has 0 unspecified atom stereocenters. The van der Waals surface area contributed by atoms with Crippen LogP contribution in [0.15, 0.2) is 35.3 Å². The number of hydrogen-bond donors (Lipinski definition) is 1. The average molecular weight is 826 g/mol. The lowest BCUT2D eigenvalue weighted by Gasteiger charge is -2.39. The standard InChI is InChI=1S/C44H67N5O8S/c1-12-28(3)39-42(53)49-22-14-16-34(49)43(54)57-36(44(5,6)7)23-27(2)15-13-17-38-45-31(26-58-38)19-21-37(50)46-33(41(52)47(8)29(4)40(51)48(39)9)24-30-18-20-32(55-10)25-35(30)56-11/h13,17-18,20,25,27-29,31,33-34,36,39H,12,14-16,19,21-24,26H2,1-11H3,(H,46,50)/b17-13+/t27-,28-,29-,31-,33-,34-,36-,39-/m0/s1. The lowest BCUT2D eigenvalue weighted by molar-refractivity contribution is -0.166. The Balaban J connectivity index is 1.70. The SMILES string of the molecule is CC[C@H](C)[C@H]1C(=O)N2CCC[C@H]2C(=O)O[C@H](C(C)(C)C)C[C@@H](C)C/C=C/C2=N[C@@H](CCC(=O)N[C@@H](Cc3ccc(OC)cc3OC)C(=O)N(C)[C@@H](C)C(=O)N1C)CS2. The van der Waals surface area contributed by atoms with Gasteiger partial charge in [-0.05, 0) is 74.0 Å². The van der Waals surface area contributed by atoms with E-state index in [0.29, 0.717) is 55.7 Å². The van der Waals surface area contributed by atoms with Crippen LogP contribution < -0.4 is 14.8 Å². The molecule has 1 aromatic rings. The average Bonchev–Trinajstić information content (AvgIpc) is 3.88. The van der Waals surface area contributed by atoms with Gasteiger partial charge in [0.05, 0.1) is 25.3 Å². The van der Waals surface area contributed by atoms with Crippen LogP contribution in [0.25, 0.3) is 0 Å². The number of ether oxygens (including phenoxy) is 3. The van der Waals surface area contributed by atoms with Crippen molar-refractivity contribution in [1.29, 1.82) is 0 Å². The molecule has 1 aromatic carbocycles. The third kappa shape index (κ3) is 11.8. The van der Waals surface area contributed by atoms with E-state index in [1.54, 1.807) is 55.9 Å². The smallest absolute Gasteiger partial charge is 0.329 e. The van der Waals surface area contributed by atoms with Crippen molar-refractivity contribution in [1.82, 2.24) is 20.0 Å². The predicted molar refractivity (Wildman–Crippen MR) is 228 cm³/mol. The molecule has 0 aliphatic carbocycles. The first-order valence-electron chi connectivity index (χ1n) is 20.8. The molecule has 58 heavy (non-hydrogen) atoms. The number of aliphatic imine (C=N–C) groups is 1. The Morgan fingerprint density at radius 2 is 1.72 bits per heavy atom. The zero-order valence-corrected chi connectivity index (χ0v) is 37.4. The summed E-state index contributed by atoms with van der Waals surface area (Å²) in [6, 6.07) is 1.56. The highest BCUT2D eigenvalue weighted by Crippen LogP contribution is 2.32. The van der Waals surface area contributed by atoms with Gasteiger partial charge in [0.25, 0.3) is 0 Å². The number of hydrogen-bond acceptors (Lipinski definition) is 10. The van der Waals surface area contributed by atoms with Crippen LogP contribution in [0.2, 0.25) is 0 Å². The van der Waals surface area contributed by atoms with Crippen molar-refractivity contribution in [3.05, 3.63) is 35.9 Å². The molecule has 1 N–H and O–H groups in total. The lowest BCUT2D eigenvalue weighted by Crippen LogP contribution is -2.59. The van der Waals surface area contributed by atoms with E-state index in [-0.39, 0.29) is 54.1 Å². The number of carbonyl (C=O) groups is 5. The quantitative estimate of drug-likeness (QED) is 0.358. The van der Waals surface area contributed by atoms with Crippen LogP contribution in [0.3, 0.4) is 0 Å². The summed E-state index contributed by atoms with van der Waals surface area (Å²) in [6.07, 6.45) is 7.68. The fourth-order valence-corrected chi connectivity index (χ4v) is 8.85. The Kier molecular flexibility index (Phi) is 16.7. The van der Waals surface area contributed by atoms with Gasteiger partial charge in [-0.25, -0.2) is 4.79 Å². The molecule has 4 rings (SSSR count). The number of cyclic esters (lactones) is 1. The minimum atomic E-state index is -1.03. The van der Waals surface area contributed by atoms with Gasteiger partial charge in [0.15, 0.2) is 0 Å². The van der Waals surface area contributed by atoms with Gasteiger partial charge in [-0.1, -0.05) is 60.1 Å². The van der Waals surface area contributed by atoms with Gasteiger partial charge in [-0.15, -0.1) is 11.8 Å². The second kappa shape index (κ2) is 20.8. The van der Waals surface area contributed by atoms with Crippen LogP contribution in [0.1, 0.15) is 99.0 Å². The van der Waals surface area contributed by atoms with Gasteiger partial charge in [-0.3, -0.25) is 24.2 Å². The lowest BCUT2D eigenvalue weighted by atomic mass is 9.83. The molecule has 14 heteroatoms. The second-order valence-electron chi connectivity index (χ2n) is 17.3. The van der Waals surface area contributed by atoms with E-state index < -0.39 is 42.0 Å². The summed E-state index contributed by atoms with van der Waals surface area (Å²) in [7, 11) is 6.20. The summed E-state index contributed by atoms with van der Waals surface area (Å²) < 4.78 is 17.3. The molecule has 2 bridgehead atoms. The number of likely N-dealkylation sites (N-methyl/N-ethyl adjacent to an activating group) is 2. The number of nitrogens with zero attached hydrogens (tertiary/aromatic N) is 4. The van der Waals surface area contributed by atoms with Crippen molar-refractivity contribution in [2.45, 2.75) is 136 Å². The molecule has 0 radical (unpaired) electrons. The zero-order chi connectivity index (χ0) is 42.9. The number of methoxy groups -OCH3 is 2. The molecule has 13 nitrogen and oxygen atoms in total. The van der Waals surface area contributed by atoms with Crippen LogP contribution in [-0.2, 0) is 35.1 Å². The predicted octanol–water partition coefficient (Wildman–Crippen LogP) is 5.68. The van der Waals surface area contributed by atoms with E-state index in [1.165, 1.54) is 24.0 Å². The first-order valence-corrected chi connectivity index (χ1v) is 21.8. The normalized spacial score (nSPS) is 28.8. The van der Waals surface area contributed by atoms with Crippen molar-refractivity contribution < 1.29 is 38.2 Å². The zero-order valence-electron chi connectivity index (χ0n) is 36.5. The van der Waals surface area contributed by atoms with Gasteiger partial charge in [0.1, 0.15) is 41.8 Å². The molecule has 3 heterocycles. The molecule has 3 aliphatic rings. The summed E-state index contributed by atoms with van der Waals surface area (Å²) in [5.74, 6) is -0.150. The van der Waals surface area contributed by atoms with Crippen LogP contribution in [0.4, 0.5) is 0 Å². The maximum Gasteiger partial charge on any atom is 0.329 e. The molecule has 3 aliphatic heterocycles. The highest BCUT2D eigenvalue weighted by molar-refractivity contribution is 8.14. The number of fused-ring (bicyclic) bond motifs is 2. The maximum atomic E-state index is 14.6. The van der Waals surface area contributed by atoms with Crippen LogP contribution >= 0.6 is 11.8 Å². The van der Waals surface area contributed by atoms with E-state index in [2.05, 4.69) is 39.1 Å². The topological polar surface area (TPSA) is 147 Å². The van der Waals surface area contributed by atoms with Crippen LogP contribution in [0.5, 0.6) is 11.5 Å². The largest absolute Gasteiger partial charge is 0.497 e. The molecule has 1 saturated heterocycles. The second-order valence-corrected chi connectivity index (χ2v) is 18.4. The Morgan fingerprint density at radius 3 is 2.38 bits per heavy atom. The van der Waals surface area contributed by atoms with Crippen molar-refractivity contribution in [2.75, 3.05) is 40.6 Å². The summed E-state index contributed by atoms with van der Waals surface area (Å²) in [5, 5.41) is 3.87. The fourth-order valence-electron chi connectivity index (χ4n) is 7.83. The molecule has 0 aromatic heterocycles.